The number of benzene rings is 2. The predicted molar refractivity (Wildman–Crippen MR) is 119 cm³/mol. The number of hydrogen-bond acceptors (Lipinski definition) is 6. The third-order valence-electron chi connectivity index (χ3n) is 4.81. The van der Waals surface area contributed by atoms with Crippen molar-refractivity contribution >= 4 is 33.9 Å². The zero-order valence-corrected chi connectivity index (χ0v) is 17.7. The Morgan fingerprint density at radius 3 is 2.39 bits per heavy atom. The maximum absolute atomic E-state index is 12.6. The van der Waals surface area contributed by atoms with Gasteiger partial charge in [-0.15, -0.1) is 11.3 Å². The molecule has 0 saturated carbocycles. The minimum atomic E-state index is -0.640. The van der Waals surface area contributed by atoms with Gasteiger partial charge in [-0.25, -0.2) is 10.1 Å². The van der Waals surface area contributed by atoms with Crippen LogP contribution in [-0.2, 0) is 6.42 Å². The fraction of sp³-hybridized carbons (Fsp3) is 0.136. The Morgan fingerprint density at radius 1 is 1.00 bits per heavy atom. The van der Waals surface area contributed by atoms with Gasteiger partial charge in [-0.3, -0.25) is 25.2 Å². The van der Waals surface area contributed by atoms with E-state index in [9.17, 15) is 14.4 Å². The Bertz CT molecular complexity index is 1340. The molecule has 0 atom stereocenters. The number of fused-ring (bicyclic) bond motifs is 1. The number of aryl methyl sites for hydroxylation is 2. The lowest BCUT2D eigenvalue weighted by Gasteiger charge is -2.07. The summed E-state index contributed by atoms with van der Waals surface area (Å²) in [5.74, 6) is -1.12. The highest BCUT2D eigenvalue weighted by Gasteiger charge is 2.19. The van der Waals surface area contributed by atoms with E-state index in [0.29, 0.717) is 21.3 Å². The Morgan fingerprint density at radius 2 is 1.68 bits per heavy atom. The van der Waals surface area contributed by atoms with E-state index in [2.05, 4.69) is 33.0 Å². The molecular weight excluding hydrogens is 414 g/mol. The highest BCUT2D eigenvalue weighted by molar-refractivity contribution is 7.17. The summed E-state index contributed by atoms with van der Waals surface area (Å²) >= 11 is 1.25. The Kier molecular flexibility index (Phi) is 5.59. The second kappa shape index (κ2) is 8.49. The van der Waals surface area contributed by atoms with Crippen LogP contribution in [-0.4, -0.2) is 27.0 Å². The second-order valence-corrected chi connectivity index (χ2v) is 7.84. The third kappa shape index (κ3) is 4.08. The summed E-state index contributed by atoms with van der Waals surface area (Å²) in [6.45, 7) is 3.83. The van der Waals surface area contributed by atoms with Crippen molar-refractivity contribution in [1.82, 2.24) is 26.0 Å². The van der Waals surface area contributed by atoms with Crippen molar-refractivity contribution < 1.29 is 9.59 Å². The molecule has 0 aliphatic carbocycles. The molecule has 0 spiro atoms. The van der Waals surface area contributed by atoms with E-state index < -0.39 is 17.4 Å². The Hall–Kier alpha value is -3.85. The summed E-state index contributed by atoms with van der Waals surface area (Å²) < 4.78 is 0. The maximum Gasteiger partial charge on any atom is 0.290 e. The average Bonchev–Trinajstić information content (AvgIpc) is 3.19. The lowest BCUT2D eigenvalue weighted by Crippen LogP contribution is -2.42. The zero-order valence-electron chi connectivity index (χ0n) is 16.9. The Labute approximate surface area is 181 Å². The van der Waals surface area contributed by atoms with Crippen molar-refractivity contribution in [2.75, 3.05) is 0 Å². The van der Waals surface area contributed by atoms with Crippen LogP contribution in [0.2, 0.25) is 0 Å². The lowest BCUT2D eigenvalue weighted by atomic mass is 10.1. The van der Waals surface area contributed by atoms with Crippen molar-refractivity contribution in [1.29, 1.82) is 0 Å². The first-order valence-electron chi connectivity index (χ1n) is 9.62. The highest BCUT2D eigenvalue weighted by atomic mass is 32.1. The van der Waals surface area contributed by atoms with Crippen LogP contribution in [0.3, 0.4) is 0 Å². The van der Waals surface area contributed by atoms with Gasteiger partial charge in [0.25, 0.3) is 17.4 Å². The maximum atomic E-state index is 12.6. The quantitative estimate of drug-likeness (QED) is 0.428. The number of rotatable bonds is 4. The highest BCUT2D eigenvalue weighted by Crippen LogP contribution is 2.28. The topological polar surface area (TPSA) is 117 Å². The molecule has 9 heteroatoms. The molecule has 0 fully saturated rings. The van der Waals surface area contributed by atoms with E-state index in [1.165, 1.54) is 16.9 Å². The molecule has 0 unspecified atom stereocenters. The Balaban J connectivity index is 1.50. The molecule has 3 N–H and O–H groups in total. The van der Waals surface area contributed by atoms with Gasteiger partial charge in [0, 0.05) is 10.9 Å². The molecule has 2 heterocycles. The van der Waals surface area contributed by atoms with Crippen LogP contribution >= 0.6 is 11.3 Å². The van der Waals surface area contributed by atoms with E-state index >= 15 is 0 Å². The molecule has 31 heavy (non-hydrogen) atoms. The van der Waals surface area contributed by atoms with Gasteiger partial charge in [-0.2, -0.15) is 5.10 Å². The number of carbonyl (C=O) groups excluding carboxylic acids is 2. The van der Waals surface area contributed by atoms with Crippen LogP contribution in [0, 0.1) is 6.92 Å². The SMILES string of the molecule is CCc1ccc(-c2nc(C)c(C(=O)NNC(=O)c3n[nH]c(=O)c4ccccc34)s2)cc1. The summed E-state index contributed by atoms with van der Waals surface area (Å²) in [7, 11) is 0. The van der Waals surface area contributed by atoms with E-state index in [4.69, 9.17) is 0 Å². The molecule has 0 aliphatic rings. The molecule has 8 nitrogen and oxygen atoms in total. The number of carbonyl (C=O) groups is 2. The largest absolute Gasteiger partial charge is 0.290 e. The van der Waals surface area contributed by atoms with Crippen molar-refractivity contribution in [3.63, 3.8) is 0 Å². The fourth-order valence-electron chi connectivity index (χ4n) is 3.13. The minimum Gasteiger partial charge on any atom is -0.267 e. The van der Waals surface area contributed by atoms with E-state index in [1.54, 1.807) is 31.2 Å². The van der Waals surface area contributed by atoms with Gasteiger partial charge >= 0.3 is 0 Å². The second-order valence-electron chi connectivity index (χ2n) is 6.84. The van der Waals surface area contributed by atoms with Crippen molar-refractivity contribution in [3.8, 4) is 10.6 Å². The van der Waals surface area contributed by atoms with Crippen LogP contribution in [0.15, 0.2) is 53.3 Å². The molecule has 0 aliphatic heterocycles. The molecule has 4 aromatic rings. The average molecular weight is 433 g/mol. The van der Waals surface area contributed by atoms with Gasteiger partial charge in [-0.05, 0) is 25.0 Å². The third-order valence-corrected chi connectivity index (χ3v) is 6.02. The molecule has 4 rings (SSSR count). The number of thiazole rings is 1. The standard InChI is InChI=1S/C22H19N5O3S/c1-3-13-8-10-14(11-9-13)22-23-12(2)18(31-22)21(30)27-26-20(29)17-15-6-4-5-7-16(15)19(28)25-24-17/h4-11H,3H2,1-2H3,(H,25,28)(H,26,29)(H,27,30). The molecule has 2 aromatic carbocycles. The number of aromatic nitrogens is 3. The monoisotopic (exact) mass is 433 g/mol. The predicted octanol–water partition coefficient (Wildman–Crippen LogP) is 2.99. The van der Waals surface area contributed by atoms with Gasteiger partial charge in [-0.1, -0.05) is 49.4 Å². The molecule has 156 valence electrons. The van der Waals surface area contributed by atoms with Gasteiger partial charge in [0.2, 0.25) is 0 Å². The number of nitrogens with zero attached hydrogens (tertiary/aromatic N) is 2. The number of hydrazine groups is 1. The van der Waals surface area contributed by atoms with Crippen molar-refractivity contribution in [2.45, 2.75) is 20.3 Å². The summed E-state index contributed by atoms with van der Waals surface area (Å²) in [5, 5.41) is 7.58. The van der Waals surface area contributed by atoms with Crippen LogP contribution in [0.1, 0.15) is 38.3 Å². The molecule has 0 radical (unpaired) electrons. The molecule has 0 saturated heterocycles. The number of nitrogens with one attached hydrogen (secondary N) is 3. The molecule has 2 aromatic heterocycles. The fourth-order valence-corrected chi connectivity index (χ4v) is 4.10. The van der Waals surface area contributed by atoms with E-state index in [-0.39, 0.29) is 5.69 Å². The normalized spacial score (nSPS) is 10.8. The lowest BCUT2D eigenvalue weighted by molar-refractivity contribution is 0.0846. The van der Waals surface area contributed by atoms with Gasteiger partial charge in [0.05, 0.1) is 11.1 Å². The molecule has 2 amide bonds. The molecular formula is C22H19N5O3S. The van der Waals surface area contributed by atoms with E-state index in [1.807, 2.05) is 24.3 Å². The van der Waals surface area contributed by atoms with E-state index in [0.717, 1.165) is 17.0 Å². The number of amides is 2. The first-order chi connectivity index (χ1) is 15.0. The minimum absolute atomic E-state index is 0.00762. The number of aromatic amines is 1. The first kappa shape index (κ1) is 20.4. The summed E-state index contributed by atoms with van der Waals surface area (Å²) in [6.07, 6.45) is 0.948. The first-order valence-corrected chi connectivity index (χ1v) is 10.4. The zero-order chi connectivity index (χ0) is 22.0. The number of H-pyrrole nitrogens is 1. The van der Waals surface area contributed by atoms with Crippen LogP contribution in [0.25, 0.3) is 21.3 Å². The van der Waals surface area contributed by atoms with Gasteiger partial charge < -0.3 is 0 Å². The number of hydrogen-bond donors (Lipinski definition) is 3. The van der Waals surface area contributed by atoms with Crippen molar-refractivity contribution in [2.24, 2.45) is 0 Å². The van der Waals surface area contributed by atoms with Gasteiger partial charge in [0.15, 0.2) is 5.69 Å². The van der Waals surface area contributed by atoms with Crippen LogP contribution in [0.5, 0.6) is 0 Å². The van der Waals surface area contributed by atoms with Crippen molar-refractivity contribution in [3.05, 3.63) is 80.7 Å². The van der Waals surface area contributed by atoms with Gasteiger partial charge in [0.1, 0.15) is 9.88 Å². The van der Waals surface area contributed by atoms with Crippen LogP contribution < -0.4 is 16.4 Å². The molecule has 0 bridgehead atoms. The summed E-state index contributed by atoms with van der Waals surface area (Å²) in [5.41, 5.74) is 7.09. The summed E-state index contributed by atoms with van der Waals surface area (Å²) in [4.78, 5) is 41.9. The van der Waals surface area contributed by atoms with Crippen LogP contribution in [0.4, 0.5) is 0 Å². The summed E-state index contributed by atoms with van der Waals surface area (Å²) in [6, 6.07) is 14.6. The smallest absolute Gasteiger partial charge is 0.267 e.